The van der Waals surface area contributed by atoms with Gasteiger partial charge in [0.05, 0.1) is 41.1 Å². The van der Waals surface area contributed by atoms with Crippen LogP contribution in [0.15, 0.2) is 66.7 Å². The van der Waals surface area contributed by atoms with Crippen LogP contribution in [-0.2, 0) is 22.2 Å². The van der Waals surface area contributed by atoms with Crippen molar-refractivity contribution in [3.8, 4) is 22.6 Å². The number of aromatic nitrogens is 2. The van der Waals surface area contributed by atoms with Crippen molar-refractivity contribution in [3.05, 3.63) is 100 Å². The summed E-state index contributed by atoms with van der Waals surface area (Å²) in [5.74, 6) is -3.31. The number of benzene rings is 4. The van der Waals surface area contributed by atoms with Gasteiger partial charge in [-0.15, -0.1) is 0 Å². The van der Waals surface area contributed by atoms with Crippen molar-refractivity contribution in [3.63, 3.8) is 0 Å². The standard InChI is InChI=1S/C44H46ClF2N7O7/c1-25-35-33(22-30(46)38(45)37(35)36-28(41(48)57)13-14-32(39(36)47)60-21-19-55)61-44(25,26-8-4-3-5-9-26)24-49-16-20-59-27-10-7-17-53(23-27)31-12-6-11-29-40(31)52(2)51-42(29)54-18-15-34(56)50-43(54)58/h3-6,8-9,11-14,22,25,27,49,55H,7,10,15-21,23-24H2,1-2H3,(H2,48,57)(H,50,56,58)/t25-,27-,44-/m0/s1. The number of rotatable bonds is 14. The van der Waals surface area contributed by atoms with Crippen LogP contribution in [0.2, 0.25) is 5.02 Å². The molecule has 3 aliphatic rings. The smallest absolute Gasteiger partial charge is 0.329 e. The topological polar surface area (TPSA) is 174 Å². The maximum Gasteiger partial charge on any atom is 0.329 e. The Kier molecular flexibility index (Phi) is 11.9. The molecular weight excluding hydrogens is 812 g/mol. The van der Waals surface area contributed by atoms with Crippen LogP contribution in [0.25, 0.3) is 22.0 Å². The van der Waals surface area contributed by atoms with E-state index in [9.17, 15) is 19.5 Å². The average molecular weight is 858 g/mol. The third-order valence-corrected chi connectivity index (χ3v) is 12.1. The molecule has 8 rings (SSSR count). The van der Waals surface area contributed by atoms with Crippen LogP contribution in [0.4, 0.5) is 25.1 Å². The summed E-state index contributed by atoms with van der Waals surface area (Å²) in [4.78, 5) is 41.0. The number of amides is 4. The molecule has 3 atom stereocenters. The van der Waals surface area contributed by atoms with Crippen molar-refractivity contribution in [2.45, 2.75) is 43.8 Å². The molecular formula is C44H46ClF2N7O7. The predicted molar refractivity (Wildman–Crippen MR) is 225 cm³/mol. The van der Waals surface area contributed by atoms with E-state index in [1.54, 1.807) is 4.68 Å². The van der Waals surface area contributed by atoms with E-state index in [1.807, 2.05) is 62.5 Å². The van der Waals surface area contributed by atoms with E-state index in [0.29, 0.717) is 31.1 Å². The van der Waals surface area contributed by atoms with Crippen molar-refractivity contribution in [1.82, 2.24) is 20.4 Å². The molecule has 0 saturated carbocycles. The van der Waals surface area contributed by atoms with Gasteiger partial charge in [-0.3, -0.25) is 24.5 Å². The van der Waals surface area contributed by atoms with Gasteiger partial charge >= 0.3 is 6.03 Å². The first-order valence-corrected chi connectivity index (χ1v) is 20.6. The van der Waals surface area contributed by atoms with Gasteiger partial charge in [0.25, 0.3) is 0 Å². The summed E-state index contributed by atoms with van der Waals surface area (Å²) < 4.78 is 52.5. The Bertz CT molecular complexity index is 2510. The highest BCUT2D eigenvalue weighted by molar-refractivity contribution is 6.34. The number of para-hydroxylation sites is 1. The highest BCUT2D eigenvalue weighted by Crippen LogP contribution is 2.56. The summed E-state index contributed by atoms with van der Waals surface area (Å²) in [6, 6.07) is 18.5. The molecule has 0 spiro atoms. The van der Waals surface area contributed by atoms with Gasteiger partial charge < -0.3 is 35.3 Å². The van der Waals surface area contributed by atoms with Crippen LogP contribution in [0, 0.1) is 11.6 Å². The van der Waals surface area contributed by atoms with Gasteiger partial charge in [-0.1, -0.05) is 54.9 Å². The van der Waals surface area contributed by atoms with Crippen molar-refractivity contribution >= 4 is 51.9 Å². The number of anilines is 2. The monoisotopic (exact) mass is 857 g/mol. The SMILES string of the molecule is C[C@H]1c2c(cc(F)c(Cl)c2-c2c(C(N)=O)ccc(OCCO)c2F)O[C@]1(CNCCO[C@H]1CCCN(c2cccc3c(N4CCC(=O)NC4=O)nn(C)c23)C1)c1ccccc1. The number of fused-ring (bicyclic) bond motifs is 2. The molecule has 4 amide bonds. The van der Waals surface area contributed by atoms with Crippen LogP contribution in [-0.4, -0.2) is 91.4 Å². The number of carbonyl (C=O) groups is 3. The van der Waals surface area contributed by atoms with Crippen molar-refractivity contribution in [1.29, 1.82) is 0 Å². The third-order valence-electron chi connectivity index (χ3n) is 11.8. The van der Waals surface area contributed by atoms with Gasteiger partial charge in [-0.25, -0.2) is 13.6 Å². The molecule has 5 aromatic rings. The number of carbonyl (C=O) groups excluding carboxylic acids is 3. The highest BCUT2D eigenvalue weighted by atomic mass is 35.5. The second-order valence-electron chi connectivity index (χ2n) is 15.4. The first-order valence-electron chi connectivity index (χ1n) is 20.2. The number of hydrogen-bond donors (Lipinski definition) is 4. The van der Waals surface area contributed by atoms with Gasteiger partial charge in [0.2, 0.25) is 11.8 Å². The lowest BCUT2D eigenvalue weighted by Gasteiger charge is -2.35. The minimum Gasteiger partial charge on any atom is -0.488 e. The number of nitrogens with zero attached hydrogens (tertiary/aromatic N) is 4. The molecule has 0 radical (unpaired) electrons. The third kappa shape index (κ3) is 7.73. The summed E-state index contributed by atoms with van der Waals surface area (Å²) in [5.41, 5.74) is 6.99. The van der Waals surface area contributed by atoms with E-state index in [0.717, 1.165) is 41.5 Å². The van der Waals surface area contributed by atoms with Gasteiger partial charge in [0.15, 0.2) is 23.0 Å². The fourth-order valence-corrected chi connectivity index (χ4v) is 9.12. The number of piperidine rings is 1. The maximum atomic E-state index is 16.4. The molecule has 61 heavy (non-hydrogen) atoms. The molecule has 0 unspecified atom stereocenters. The lowest BCUT2D eigenvalue weighted by atomic mass is 9.77. The molecule has 2 saturated heterocycles. The number of nitrogens with one attached hydrogen (secondary N) is 2. The number of aliphatic hydroxyl groups excluding tert-OH is 1. The molecule has 14 nitrogen and oxygen atoms in total. The number of urea groups is 1. The van der Waals surface area contributed by atoms with Crippen LogP contribution in [0.1, 0.15) is 53.6 Å². The summed E-state index contributed by atoms with van der Waals surface area (Å²) >= 11 is 6.67. The Hall–Kier alpha value is -5.81. The second-order valence-corrected chi connectivity index (χ2v) is 15.8. The highest BCUT2D eigenvalue weighted by Gasteiger charge is 2.50. The van der Waals surface area contributed by atoms with Gasteiger partial charge in [-0.05, 0) is 42.7 Å². The van der Waals surface area contributed by atoms with Gasteiger partial charge in [0, 0.05) is 80.3 Å². The van der Waals surface area contributed by atoms with Crippen LogP contribution < -0.4 is 35.6 Å². The number of ether oxygens (including phenoxy) is 3. The zero-order valence-corrected chi connectivity index (χ0v) is 34.4. The maximum absolute atomic E-state index is 16.4. The van der Waals surface area contributed by atoms with Crippen LogP contribution >= 0.6 is 11.6 Å². The zero-order valence-electron chi connectivity index (χ0n) is 33.7. The first-order chi connectivity index (χ1) is 29.4. The summed E-state index contributed by atoms with van der Waals surface area (Å²) in [6.07, 6.45) is 1.88. The number of imide groups is 1. The Morgan fingerprint density at radius 2 is 1.90 bits per heavy atom. The zero-order chi connectivity index (χ0) is 43.0. The van der Waals surface area contributed by atoms with E-state index < -0.39 is 40.1 Å². The fraction of sp³-hybridized carbons (Fsp3) is 0.364. The molecule has 4 heterocycles. The normalized spacial score (nSPS) is 20.2. The number of aliphatic hydroxyl groups is 1. The van der Waals surface area contributed by atoms with E-state index in [-0.39, 0.29) is 72.9 Å². The Morgan fingerprint density at radius 1 is 1.10 bits per heavy atom. The fourth-order valence-electron chi connectivity index (χ4n) is 8.87. The molecule has 0 aliphatic carbocycles. The van der Waals surface area contributed by atoms with Gasteiger partial charge in [0.1, 0.15) is 18.2 Å². The summed E-state index contributed by atoms with van der Waals surface area (Å²) in [5, 5.41) is 20.3. The molecule has 17 heteroatoms. The average Bonchev–Trinajstić information content (AvgIpc) is 3.74. The number of primary amides is 1. The summed E-state index contributed by atoms with van der Waals surface area (Å²) in [7, 11) is 1.84. The molecule has 0 bridgehead atoms. The molecule has 1 aromatic heterocycles. The van der Waals surface area contributed by atoms with Crippen molar-refractivity contribution in [2.75, 3.05) is 62.3 Å². The minimum atomic E-state index is -1.13. The number of aryl methyl sites for hydroxylation is 1. The predicted octanol–water partition coefficient (Wildman–Crippen LogP) is 5.75. The van der Waals surface area contributed by atoms with E-state index in [1.165, 1.54) is 23.1 Å². The molecule has 3 aliphatic heterocycles. The van der Waals surface area contributed by atoms with E-state index >= 15 is 8.78 Å². The second kappa shape index (κ2) is 17.3. The minimum absolute atomic E-state index is 0.0700. The molecule has 320 valence electrons. The quantitative estimate of drug-likeness (QED) is 0.101. The molecule has 2 fully saturated rings. The number of halogens is 3. The lowest BCUT2D eigenvalue weighted by Crippen LogP contribution is -2.49. The molecule has 4 aromatic carbocycles. The van der Waals surface area contributed by atoms with Crippen LogP contribution in [0.5, 0.6) is 11.5 Å². The largest absolute Gasteiger partial charge is 0.488 e. The Balaban J connectivity index is 0.999. The van der Waals surface area contributed by atoms with Crippen molar-refractivity contribution < 1.29 is 42.5 Å². The first kappa shape index (κ1) is 41.9. The Labute approximate surface area is 355 Å². The van der Waals surface area contributed by atoms with E-state index in [2.05, 4.69) is 20.6 Å². The van der Waals surface area contributed by atoms with Crippen molar-refractivity contribution in [2.24, 2.45) is 12.8 Å². The number of hydrogen-bond acceptors (Lipinski definition) is 10. The Morgan fingerprint density at radius 3 is 2.66 bits per heavy atom. The number of nitrogens with two attached hydrogens (primary N) is 1. The van der Waals surface area contributed by atoms with Crippen LogP contribution in [0.3, 0.4) is 0 Å². The van der Waals surface area contributed by atoms with E-state index in [4.69, 9.17) is 31.5 Å². The van der Waals surface area contributed by atoms with Gasteiger partial charge in [-0.2, -0.15) is 5.10 Å². The lowest BCUT2D eigenvalue weighted by molar-refractivity contribution is -0.120. The summed E-state index contributed by atoms with van der Waals surface area (Å²) in [6.45, 7) is 4.01. The molecule has 5 N–H and O–H groups in total.